The molecule has 6 heteroatoms. The van der Waals surface area contributed by atoms with Crippen LogP contribution in [0.1, 0.15) is 25.7 Å². The van der Waals surface area contributed by atoms with Crippen molar-refractivity contribution >= 4 is 11.9 Å². The highest BCUT2D eigenvalue weighted by Gasteiger charge is 2.32. The van der Waals surface area contributed by atoms with Crippen molar-refractivity contribution in [2.75, 3.05) is 13.2 Å². The first-order valence-corrected chi connectivity index (χ1v) is 5.22. The molecule has 0 spiro atoms. The average molecular weight is 234 g/mol. The van der Waals surface area contributed by atoms with Crippen LogP contribution in [0, 0.1) is 11.8 Å². The van der Waals surface area contributed by atoms with Gasteiger partial charge in [0.2, 0.25) is 0 Å². The van der Waals surface area contributed by atoms with Crippen molar-refractivity contribution in [1.82, 2.24) is 0 Å². The molecule has 94 valence electrons. The van der Waals surface area contributed by atoms with Crippen LogP contribution < -0.4 is 0 Å². The molecule has 4 N–H and O–H groups in total. The summed E-state index contributed by atoms with van der Waals surface area (Å²) >= 11 is 0. The maximum Gasteiger partial charge on any atom is 0.307 e. The quantitative estimate of drug-likeness (QED) is 0.444. The summed E-state index contributed by atoms with van der Waals surface area (Å²) in [7, 11) is 0. The van der Waals surface area contributed by atoms with Crippen LogP contribution in [0.25, 0.3) is 0 Å². The average Bonchev–Trinajstić information content (AvgIpc) is 2.21. The number of hydrogen-bond acceptors (Lipinski definition) is 4. The largest absolute Gasteiger partial charge is 0.481 e. The van der Waals surface area contributed by atoms with Gasteiger partial charge in [-0.3, -0.25) is 9.59 Å². The summed E-state index contributed by atoms with van der Waals surface area (Å²) in [5.74, 6) is -4.34. The second-order valence-electron chi connectivity index (χ2n) is 3.62. The highest BCUT2D eigenvalue weighted by molar-refractivity contribution is 5.79. The van der Waals surface area contributed by atoms with E-state index in [1.54, 1.807) is 0 Å². The van der Waals surface area contributed by atoms with Crippen LogP contribution in [0.15, 0.2) is 0 Å². The predicted octanol–water partition coefficient (Wildman–Crippen LogP) is -0.0670. The van der Waals surface area contributed by atoms with Gasteiger partial charge in [0.25, 0.3) is 0 Å². The first kappa shape index (κ1) is 14.9. The van der Waals surface area contributed by atoms with Gasteiger partial charge >= 0.3 is 11.9 Å². The molecule has 0 aromatic heterocycles. The molecule has 0 amide bonds. The number of hydrogen-bond donors (Lipinski definition) is 4. The second-order valence-corrected chi connectivity index (χ2v) is 3.62. The van der Waals surface area contributed by atoms with E-state index in [4.69, 9.17) is 20.4 Å². The summed E-state index contributed by atoms with van der Waals surface area (Å²) in [5, 5.41) is 35.0. The van der Waals surface area contributed by atoms with Crippen molar-refractivity contribution < 1.29 is 30.0 Å². The topological polar surface area (TPSA) is 115 Å². The van der Waals surface area contributed by atoms with Crippen molar-refractivity contribution in [3.05, 3.63) is 0 Å². The third-order valence-corrected chi connectivity index (χ3v) is 2.47. The molecule has 0 aromatic rings. The van der Waals surface area contributed by atoms with Crippen LogP contribution in [0.2, 0.25) is 0 Å². The molecule has 0 aliphatic rings. The standard InChI is InChI=1S/C10H18O6/c11-5-1-3-7(9(13)14)8(10(15)16)4-2-6-12/h7-8,11-12H,1-6H2,(H,13,14)(H,15,16). The molecule has 2 atom stereocenters. The van der Waals surface area contributed by atoms with Crippen LogP contribution in [-0.4, -0.2) is 45.6 Å². The minimum atomic E-state index is -1.17. The molecule has 0 saturated carbocycles. The Morgan fingerprint density at radius 3 is 1.31 bits per heavy atom. The van der Waals surface area contributed by atoms with Gasteiger partial charge in [-0.2, -0.15) is 0 Å². The Labute approximate surface area is 93.5 Å². The predicted molar refractivity (Wildman–Crippen MR) is 54.9 cm³/mol. The van der Waals surface area contributed by atoms with E-state index in [-0.39, 0.29) is 38.9 Å². The molecule has 2 unspecified atom stereocenters. The third-order valence-electron chi connectivity index (χ3n) is 2.47. The Hall–Kier alpha value is -1.14. The molecule has 0 rings (SSSR count). The van der Waals surface area contributed by atoms with Gasteiger partial charge in [0.1, 0.15) is 0 Å². The molecule has 0 aliphatic carbocycles. The molecule has 0 heterocycles. The summed E-state index contributed by atoms with van der Waals surface area (Å²) < 4.78 is 0. The van der Waals surface area contributed by atoms with E-state index in [1.165, 1.54) is 0 Å². The van der Waals surface area contributed by atoms with E-state index in [9.17, 15) is 9.59 Å². The van der Waals surface area contributed by atoms with Gasteiger partial charge in [-0.05, 0) is 25.7 Å². The lowest BCUT2D eigenvalue weighted by atomic mass is 9.85. The van der Waals surface area contributed by atoms with E-state index >= 15 is 0 Å². The zero-order valence-electron chi connectivity index (χ0n) is 9.00. The van der Waals surface area contributed by atoms with Crippen molar-refractivity contribution in [1.29, 1.82) is 0 Å². The summed E-state index contributed by atoms with van der Waals surface area (Å²) in [5.41, 5.74) is 0. The molecule has 0 radical (unpaired) electrons. The fourth-order valence-corrected chi connectivity index (χ4v) is 1.62. The molecule has 0 fully saturated rings. The fourth-order valence-electron chi connectivity index (χ4n) is 1.62. The van der Waals surface area contributed by atoms with Crippen LogP contribution >= 0.6 is 0 Å². The van der Waals surface area contributed by atoms with E-state index in [1.807, 2.05) is 0 Å². The number of carboxylic acids is 2. The van der Waals surface area contributed by atoms with Crippen LogP contribution in [-0.2, 0) is 9.59 Å². The molecule has 0 saturated heterocycles. The monoisotopic (exact) mass is 234 g/mol. The van der Waals surface area contributed by atoms with Gasteiger partial charge in [0.05, 0.1) is 11.8 Å². The van der Waals surface area contributed by atoms with Gasteiger partial charge in [-0.15, -0.1) is 0 Å². The zero-order valence-corrected chi connectivity index (χ0v) is 9.00. The lowest BCUT2D eigenvalue weighted by Crippen LogP contribution is -2.30. The number of carboxylic acid groups (broad SMARTS) is 2. The molecule has 16 heavy (non-hydrogen) atoms. The molecular formula is C10H18O6. The number of aliphatic hydroxyl groups excluding tert-OH is 2. The summed E-state index contributed by atoms with van der Waals surface area (Å²) in [6, 6.07) is 0. The van der Waals surface area contributed by atoms with E-state index in [0.29, 0.717) is 0 Å². The number of carbonyl (C=O) groups is 2. The minimum absolute atomic E-state index is 0.133. The Morgan fingerprint density at radius 1 is 0.812 bits per heavy atom. The van der Waals surface area contributed by atoms with E-state index in [2.05, 4.69) is 0 Å². The van der Waals surface area contributed by atoms with Gasteiger partial charge in [-0.1, -0.05) is 0 Å². The molecule has 0 bridgehead atoms. The normalized spacial score (nSPS) is 14.4. The van der Waals surface area contributed by atoms with Gasteiger partial charge < -0.3 is 20.4 Å². The maximum absolute atomic E-state index is 10.9. The first-order valence-electron chi connectivity index (χ1n) is 5.22. The molecular weight excluding hydrogens is 216 g/mol. The Balaban J connectivity index is 4.52. The van der Waals surface area contributed by atoms with Crippen LogP contribution in [0.3, 0.4) is 0 Å². The highest BCUT2D eigenvalue weighted by atomic mass is 16.4. The number of aliphatic carboxylic acids is 2. The summed E-state index contributed by atoms with van der Waals surface area (Å²) in [4.78, 5) is 21.8. The zero-order chi connectivity index (χ0) is 12.6. The summed E-state index contributed by atoms with van der Waals surface area (Å²) in [6.07, 6.45) is 0.794. The smallest absolute Gasteiger partial charge is 0.307 e. The van der Waals surface area contributed by atoms with Crippen molar-refractivity contribution in [2.45, 2.75) is 25.7 Å². The van der Waals surface area contributed by atoms with E-state index in [0.717, 1.165) is 0 Å². The Morgan fingerprint density at radius 2 is 1.12 bits per heavy atom. The maximum atomic E-state index is 10.9. The Kier molecular flexibility index (Phi) is 7.49. The van der Waals surface area contributed by atoms with Gasteiger partial charge in [0, 0.05) is 13.2 Å². The minimum Gasteiger partial charge on any atom is -0.481 e. The molecule has 0 aromatic carbocycles. The van der Waals surface area contributed by atoms with Crippen LogP contribution in [0.4, 0.5) is 0 Å². The first-order chi connectivity index (χ1) is 7.54. The van der Waals surface area contributed by atoms with Crippen molar-refractivity contribution in [3.8, 4) is 0 Å². The lowest BCUT2D eigenvalue weighted by Gasteiger charge is -2.19. The number of rotatable bonds is 9. The highest BCUT2D eigenvalue weighted by Crippen LogP contribution is 2.23. The Bertz CT molecular complexity index is 203. The molecule has 0 aliphatic heterocycles. The van der Waals surface area contributed by atoms with E-state index < -0.39 is 23.8 Å². The van der Waals surface area contributed by atoms with Crippen molar-refractivity contribution in [2.24, 2.45) is 11.8 Å². The summed E-state index contributed by atoms with van der Waals surface area (Å²) in [6.45, 7) is -0.313. The fraction of sp³-hybridized carbons (Fsp3) is 0.800. The second kappa shape index (κ2) is 8.06. The number of aliphatic hydroxyl groups is 2. The van der Waals surface area contributed by atoms with Crippen LogP contribution in [0.5, 0.6) is 0 Å². The van der Waals surface area contributed by atoms with Gasteiger partial charge in [0.15, 0.2) is 0 Å². The van der Waals surface area contributed by atoms with Crippen molar-refractivity contribution in [3.63, 3.8) is 0 Å². The lowest BCUT2D eigenvalue weighted by molar-refractivity contribution is -0.154. The van der Waals surface area contributed by atoms with Gasteiger partial charge in [-0.25, -0.2) is 0 Å². The SMILES string of the molecule is O=C(O)C(CCCO)C(CCCO)C(=O)O. The third kappa shape index (κ3) is 5.09. The molecule has 6 nitrogen and oxygen atoms in total.